The molecule has 3 unspecified atom stereocenters. The van der Waals surface area contributed by atoms with E-state index in [1.807, 2.05) is 0 Å². The quantitative estimate of drug-likeness (QED) is 0.590. The predicted molar refractivity (Wildman–Crippen MR) is 49.4 cm³/mol. The molecule has 86 valence electrons. The van der Waals surface area contributed by atoms with Crippen LogP contribution in [0.3, 0.4) is 0 Å². The number of likely N-dealkylation sites (tertiary alicyclic amines) is 1. The highest BCUT2D eigenvalue weighted by Gasteiger charge is 2.49. The van der Waals surface area contributed by atoms with Crippen molar-refractivity contribution >= 4 is 6.09 Å². The van der Waals surface area contributed by atoms with Gasteiger partial charge in [0.05, 0.1) is 13.1 Å². The molecular formula is C9H15NO5. The molecule has 6 nitrogen and oxygen atoms in total. The van der Waals surface area contributed by atoms with Crippen LogP contribution in [0.15, 0.2) is 0 Å². The number of nitrogens with zero attached hydrogens (tertiary/aromatic N) is 1. The molecule has 2 N–H and O–H groups in total. The van der Waals surface area contributed by atoms with Crippen LogP contribution in [0.25, 0.3) is 0 Å². The van der Waals surface area contributed by atoms with Gasteiger partial charge >= 0.3 is 6.09 Å². The fourth-order valence-corrected chi connectivity index (χ4v) is 2.11. The van der Waals surface area contributed by atoms with Crippen LogP contribution in [0.4, 0.5) is 4.79 Å². The zero-order chi connectivity index (χ0) is 11.2. The number of hydrogen-bond acceptors (Lipinski definition) is 4. The van der Waals surface area contributed by atoms with Gasteiger partial charge in [-0.2, -0.15) is 0 Å². The molecule has 0 aromatic rings. The van der Waals surface area contributed by atoms with Crippen LogP contribution in [-0.2, 0) is 9.47 Å². The number of aliphatic hydroxyl groups is 1. The van der Waals surface area contributed by atoms with Crippen molar-refractivity contribution in [1.82, 2.24) is 4.90 Å². The topological polar surface area (TPSA) is 79.2 Å². The van der Waals surface area contributed by atoms with E-state index in [-0.39, 0.29) is 19.2 Å². The minimum atomic E-state index is -1.04. The van der Waals surface area contributed by atoms with E-state index in [1.54, 1.807) is 13.8 Å². The van der Waals surface area contributed by atoms with Gasteiger partial charge in [0, 0.05) is 0 Å². The van der Waals surface area contributed by atoms with Crippen LogP contribution in [0.2, 0.25) is 0 Å². The zero-order valence-electron chi connectivity index (χ0n) is 8.71. The van der Waals surface area contributed by atoms with Gasteiger partial charge in [-0.15, -0.1) is 0 Å². The second-order valence-corrected chi connectivity index (χ2v) is 4.39. The number of piperidine rings is 1. The third-order valence-corrected chi connectivity index (χ3v) is 2.68. The molecular weight excluding hydrogens is 202 g/mol. The minimum Gasteiger partial charge on any atom is -0.465 e. The summed E-state index contributed by atoms with van der Waals surface area (Å²) < 4.78 is 11.0. The van der Waals surface area contributed by atoms with Crippen molar-refractivity contribution in [3.8, 4) is 0 Å². The first-order valence-electron chi connectivity index (χ1n) is 4.90. The molecule has 2 rings (SSSR count). The normalized spacial score (nSPS) is 38.9. The Morgan fingerprint density at radius 3 is 2.67 bits per heavy atom. The lowest BCUT2D eigenvalue weighted by molar-refractivity contribution is -0.152. The summed E-state index contributed by atoms with van der Waals surface area (Å²) in [5.41, 5.74) is 0. The molecule has 2 fully saturated rings. The summed E-state index contributed by atoms with van der Waals surface area (Å²) >= 11 is 0. The maximum absolute atomic E-state index is 10.8. The van der Waals surface area contributed by atoms with E-state index in [0.29, 0.717) is 0 Å². The number of aliphatic hydroxyl groups excluding tert-OH is 1. The smallest absolute Gasteiger partial charge is 0.407 e. The van der Waals surface area contributed by atoms with E-state index in [4.69, 9.17) is 14.6 Å². The number of β-amino-alcohol motifs (C(OH)–C–C–N with tert-alkyl or cyclic N) is 1. The van der Waals surface area contributed by atoms with Gasteiger partial charge in [-0.3, -0.25) is 0 Å². The monoisotopic (exact) mass is 217 g/mol. The number of ether oxygens (including phenoxy) is 2. The highest BCUT2D eigenvalue weighted by Crippen LogP contribution is 2.33. The van der Waals surface area contributed by atoms with Gasteiger partial charge in [0.25, 0.3) is 0 Å². The largest absolute Gasteiger partial charge is 0.465 e. The van der Waals surface area contributed by atoms with Crippen LogP contribution >= 0.6 is 0 Å². The van der Waals surface area contributed by atoms with Gasteiger partial charge in [0.2, 0.25) is 0 Å². The molecule has 0 aromatic heterocycles. The first-order chi connectivity index (χ1) is 6.89. The number of hydrogen-bond donors (Lipinski definition) is 2. The van der Waals surface area contributed by atoms with Crippen LogP contribution < -0.4 is 0 Å². The van der Waals surface area contributed by atoms with Crippen LogP contribution in [0, 0.1) is 0 Å². The Hall–Kier alpha value is -0.850. The lowest BCUT2D eigenvalue weighted by atomic mass is 10.0. The summed E-state index contributed by atoms with van der Waals surface area (Å²) in [5.74, 6) is -0.745. The third-order valence-electron chi connectivity index (χ3n) is 2.68. The van der Waals surface area contributed by atoms with Crippen LogP contribution in [-0.4, -0.2) is 58.4 Å². The van der Waals surface area contributed by atoms with Gasteiger partial charge in [-0.25, -0.2) is 4.79 Å². The molecule has 1 amide bonds. The lowest BCUT2D eigenvalue weighted by Crippen LogP contribution is -2.55. The van der Waals surface area contributed by atoms with Gasteiger partial charge in [0.1, 0.15) is 18.3 Å². The zero-order valence-corrected chi connectivity index (χ0v) is 8.71. The van der Waals surface area contributed by atoms with Crippen molar-refractivity contribution in [1.29, 1.82) is 0 Å². The summed E-state index contributed by atoms with van der Waals surface area (Å²) in [6.07, 6.45) is -2.65. The summed E-state index contributed by atoms with van der Waals surface area (Å²) in [7, 11) is 0. The van der Waals surface area contributed by atoms with E-state index in [9.17, 15) is 9.90 Å². The second kappa shape index (κ2) is 3.33. The van der Waals surface area contributed by atoms with E-state index in [0.717, 1.165) is 4.90 Å². The van der Waals surface area contributed by atoms with Gasteiger partial charge < -0.3 is 24.6 Å². The molecule has 15 heavy (non-hydrogen) atoms. The maximum atomic E-state index is 10.8. The third kappa shape index (κ3) is 1.92. The van der Waals surface area contributed by atoms with Crippen molar-refractivity contribution < 1.29 is 24.5 Å². The first kappa shape index (κ1) is 10.7. The molecule has 0 radical (unpaired) electrons. The molecule has 2 aliphatic rings. The van der Waals surface area contributed by atoms with E-state index in [1.165, 1.54) is 0 Å². The second-order valence-electron chi connectivity index (χ2n) is 4.39. The minimum absolute atomic E-state index is 0.0793. The standard InChI is InChI=1S/C9H15NO5/c1-9(2)14-6-4-10(8(12)13)3-5(11)7(6)15-9/h5-7,11H,3-4H2,1-2H3,(H,12,13). The van der Waals surface area contributed by atoms with Crippen molar-refractivity contribution in [2.45, 2.75) is 37.9 Å². The highest BCUT2D eigenvalue weighted by atomic mass is 16.8. The Morgan fingerprint density at radius 2 is 2.07 bits per heavy atom. The Morgan fingerprint density at radius 1 is 1.40 bits per heavy atom. The van der Waals surface area contributed by atoms with Crippen molar-refractivity contribution in [3.63, 3.8) is 0 Å². The van der Waals surface area contributed by atoms with Gasteiger partial charge in [-0.05, 0) is 13.8 Å². The molecule has 0 saturated carbocycles. The maximum Gasteiger partial charge on any atom is 0.407 e. The molecule has 3 atom stereocenters. The predicted octanol–water partition coefficient (Wildman–Crippen LogP) is -0.139. The van der Waals surface area contributed by atoms with Crippen molar-refractivity contribution in [2.75, 3.05) is 13.1 Å². The SMILES string of the molecule is CC1(C)OC2CN(C(=O)O)CC(O)C2O1. The number of carbonyl (C=O) groups is 1. The summed E-state index contributed by atoms with van der Waals surface area (Å²) in [6.45, 7) is 3.84. The van der Waals surface area contributed by atoms with Crippen molar-refractivity contribution in [3.05, 3.63) is 0 Å². The Kier molecular flexibility index (Phi) is 2.37. The summed E-state index contributed by atoms with van der Waals surface area (Å²) in [4.78, 5) is 11.9. The first-order valence-corrected chi connectivity index (χ1v) is 4.90. The highest BCUT2D eigenvalue weighted by molar-refractivity contribution is 5.65. The van der Waals surface area contributed by atoms with E-state index in [2.05, 4.69) is 0 Å². The van der Waals surface area contributed by atoms with Gasteiger partial charge in [0.15, 0.2) is 5.79 Å². The molecule has 2 aliphatic heterocycles. The molecule has 2 saturated heterocycles. The number of fused-ring (bicyclic) bond motifs is 1. The van der Waals surface area contributed by atoms with Gasteiger partial charge in [-0.1, -0.05) is 0 Å². The van der Waals surface area contributed by atoms with Crippen molar-refractivity contribution in [2.24, 2.45) is 0 Å². The summed E-state index contributed by atoms with van der Waals surface area (Å²) in [5, 5.41) is 18.5. The molecule has 0 aromatic carbocycles. The fraction of sp³-hybridized carbons (Fsp3) is 0.889. The Bertz CT molecular complexity index is 280. The molecule has 6 heteroatoms. The Labute approximate surface area is 87.4 Å². The Balaban J connectivity index is 2.10. The molecule has 0 spiro atoms. The molecule has 2 heterocycles. The number of rotatable bonds is 0. The summed E-state index contributed by atoms with van der Waals surface area (Å²) in [6, 6.07) is 0. The molecule has 0 bridgehead atoms. The average molecular weight is 217 g/mol. The number of amides is 1. The van der Waals surface area contributed by atoms with E-state index < -0.39 is 24.1 Å². The van der Waals surface area contributed by atoms with Crippen LogP contribution in [0.5, 0.6) is 0 Å². The van der Waals surface area contributed by atoms with E-state index >= 15 is 0 Å². The van der Waals surface area contributed by atoms with Crippen LogP contribution in [0.1, 0.15) is 13.8 Å². The lowest BCUT2D eigenvalue weighted by Gasteiger charge is -2.34. The number of carboxylic acid groups (broad SMARTS) is 1. The molecule has 0 aliphatic carbocycles. The fourth-order valence-electron chi connectivity index (χ4n) is 2.11. The average Bonchev–Trinajstić information content (AvgIpc) is 2.39.